The quantitative estimate of drug-likeness (QED) is 0.706. The molecule has 3 fully saturated rings. The minimum atomic E-state index is 0.254. The smallest absolute Gasteiger partial charge is 0.236 e. The third-order valence-electron chi connectivity index (χ3n) is 6.88. The lowest BCUT2D eigenvalue weighted by atomic mass is 10.2. The second-order valence-electron chi connectivity index (χ2n) is 8.90. The number of para-hydroxylation sites is 1. The van der Waals surface area contributed by atoms with Gasteiger partial charge in [-0.1, -0.05) is 18.2 Å². The predicted octanol–water partition coefficient (Wildman–Crippen LogP) is 1.55. The van der Waals surface area contributed by atoms with Crippen LogP contribution in [0.3, 0.4) is 0 Å². The molecule has 0 bridgehead atoms. The van der Waals surface area contributed by atoms with Gasteiger partial charge in [-0.05, 0) is 25.0 Å². The topological polar surface area (TPSA) is 59.1 Å². The molecule has 3 saturated heterocycles. The maximum absolute atomic E-state index is 12.9. The van der Waals surface area contributed by atoms with Crippen molar-refractivity contribution < 1.29 is 4.79 Å². The number of aromatic nitrogens is 2. The molecule has 0 atom stereocenters. The Kier molecular flexibility index (Phi) is 6.39. The molecule has 8 nitrogen and oxygen atoms in total. The van der Waals surface area contributed by atoms with Crippen LogP contribution in [0.15, 0.2) is 42.7 Å². The van der Waals surface area contributed by atoms with Gasteiger partial charge in [-0.25, -0.2) is 9.97 Å². The Hall–Kier alpha value is -2.87. The van der Waals surface area contributed by atoms with Crippen LogP contribution in [-0.2, 0) is 4.79 Å². The van der Waals surface area contributed by atoms with E-state index < -0.39 is 0 Å². The van der Waals surface area contributed by atoms with Crippen LogP contribution in [0.25, 0.3) is 0 Å². The number of carbonyl (C=O) groups is 1. The monoisotopic (exact) mass is 435 g/mol. The fourth-order valence-electron chi connectivity index (χ4n) is 4.91. The van der Waals surface area contributed by atoms with Crippen molar-refractivity contribution in [1.82, 2.24) is 19.8 Å². The third-order valence-corrected chi connectivity index (χ3v) is 6.88. The molecule has 0 aliphatic carbocycles. The first-order chi connectivity index (χ1) is 15.8. The van der Waals surface area contributed by atoms with Gasteiger partial charge in [-0.3, -0.25) is 9.69 Å². The van der Waals surface area contributed by atoms with Crippen molar-refractivity contribution in [1.29, 1.82) is 0 Å². The summed E-state index contributed by atoms with van der Waals surface area (Å²) in [7, 11) is 0. The molecule has 32 heavy (non-hydrogen) atoms. The summed E-state index contributed by atoms with van der Waals surface area (Å²) in [4.78, 5) is 33.2. The van der Waals surface area contributed by atoms with Gasteiger partial charge < -0.3 is 19.6 Å². The summed E-state index contributed by atoms with van der Waals surface area (Å²) in [5, 5.41) is 0. The molecule has 1 aromatic heterocycles. The van der Waals surface area contributed by atoms with Gasteiger partial charge >= 0.3 is 0 Å². The van der Waals surface area contributed by atoms with E-state index >= 15 is 0 Å². The number of rotatable bonds is 5. The van der Waals surface area contributed by atoms with Crippen LogP contribution in [0.1, 0.15) is 12.8 Å². The number of piperazine rings is 2. The van der Waals surface area contributed by atoms with Gasteiger partial charge in [0.15, 0.2) is 0 Å². The first kappa shape index (κ1) is 21.0. The molecule has 5 rings (SSSR count). The van der Waals surface area contributed by atoms with Gasteiger partial charge in [-0.2, -0.15) is 0 Å². The standard InChI is InChI=1S/C24H33N7O/c32-24(31-16-14-28(15-17-31)21-6-2-1-3-7-21)19-27-10-12-30(13-11-27)23-18-22(25-20-26-23)29-8-4-5-9-29/h1-3,6-7,18,20H,4-5,8-17,19H2. The van der Waals surface area contributed by atoms with Crippen molar-refractivity contribution in [3.8, 4) is 0 Å². The summed E-state index contributed by atoms with van der Waals surface area (Å²) in [6, 6.07) is 12.6. The molecule has 1 amide bonds. The van der Waals surface area contributed by atoms with Gasteiger partial charge in [0.25, 0.3) is 0 Å². The average Bonchev–Trinajstić information content (AvgIpc) is 3.40. The fraction of sp³-hybridized carbons (Fsp3) is 0.542. The first-order valence-corrected chi connectivity index (χ1v) is 11.9. The minimum Gasteiger partial charge on any atom is -0.368 e. The molecule has 0 radical (unpaired) electrons. The van der Waals surface area contributed by atoms with E-state index in [2.05, 4.69) is 59.9 Å². The Bertz CT molecular complexity index is 886. The Morgan fingerprint density at radius 1 is 0.719 bits per heavy atom. The molecule has 1 aromatic carbocycles. The van der Waals surface area contributed by atoms with Crippen LogP contribution in [0.5, 0.6) is 0 Å². The summed E-state index contributed by atoms with van der Waals surface area (Å²) in [6.45, 7) is 9.66. The Balaban J connectivity index is 1.08. The van der Waals surface area contributed by atoms with Crippen molar-refractivity contribution in [2.75, 3.05) is 86.7 Å². The molecule has 3 aliphatic rings. The Morgan fingerprint density at radius 2 is 1.31 bits per heavy atom. The molecule has 3 aliphatic heterocycles. The molecule has 0 spiro atoms. The van der Waals surface area contributed by atoms with E-state index in [9.17, 15) is 4.79 Å². The van der Waals surface area contributed by atoms with E-state index in [4.69, 9.17) is 0 Å². The van der Waals surface area contributed by atoms with Crippen LogP contribution < -0.4 is 14.7 Å². The Morgan fingerprint density at radius 3 is 1.97 bits per heavy atom. The number of carbonyl (C=O) groups excluding carboxylic acids is 1. The highest BCUT2D eigenvalue weighted by Gasteiger charge is 2.25. The number of hydrogen-bond donors (Lipinski definition) is 0. The van der Waals surface area contributed by atoms with Gasteiger partial charge in [0, 0.05) is 77.2 Å². The van der Waals surface area contributed by atoms with Crippen molar-refractivity contribution in [3.05, 3.63) is 42.7 Å². The summed E-state index contributed by atoms with van der Waals surface area (Å²) < 4.78 is 0. The van der Waals surface area contributed by atoms with Crippen molar-refractivity contribution >= 4 is 23.2 Å². The maximum Gasteiger partial charge on any atom is 0.236 e. The van der Waals surface area contributed by atoms with Crippen molar-refractivity contribution in [3.63, 3.8) is 0 Å². The molecular formula is C24H33N7O. The zero-order valence-electron chi connectivity index (χ0n) is 18.8. The second-order valence-corrected chi connectivity index (χ2v) is 8.90. The number of anilines is 3. The van der Waals surface area contributed by atoms with E-state index in [0.717, 1.165) is 77.1 Å². The van der Waals surface area contributed by atoms with Crippen LogP contribution in [0.2, 0.25) is 0 Å². The van der Waals surface area contributed by atoms with Crippen LogP contribution in [-0.4, -0.2) is 97.7 Å². The van der Waals surface area contributed by atoms with Gasteiger partial charge in [-0.15, -0.1) is 0 Å². The summed E-state index contributed by atoms with van der Waals surface area (Å²) >= 11 is 0. The lowest BCUT2D eigenvalue weighted by Crippen LogP contribution is -2.54. The summed E-state index contributed by atoms with van der Waals surface area (Å²) in [6.07, 6.45) is 4.18. The van der Waals surface area contributed by atoms with Gasteiger partial charge in [0.2, 0.25) is 5.91 Å². The van der Waals surface area contributed by atoms with Gasteiger partial charge in [0.1, 0.15) is 18.0 Å². The molecule has 0 N–H and O–H groups in total. The fourth-order valence-corrected chi connectivity index (χ4v) is 4.91. The zero-order valence-corrected chi connectivity index (χ0v) is 18.8. The number of amides is 1. The predicted molar refractivity (Wildman–Crippen MR) is 127 cm³/mol. The van der Waals surface area contributed by atoms with Crippen LogP contribution >= 0.6 is 0 Å². The number of nitrogens with zero attached hydrogens (tertiary/aromatic N) is 7. The third kappa shape index (κ3) is 4.80. The largest absolute Gasteiger partial charge is 0.368 e. The molecule has 0 saturated carbocycles. The molecular weight excluding hydrogens is 402 g/mol. The normalized spacial score (nSPS) is 20.1. The van der Waals surface area contributed by atoms with Crippen molar-refractivity contribution in [2.45, 2.75) is 12.8 Å². The minimum absolute atomic E-state index is 0.254. The van der Waals surface area contributed by atoms with E-state index in [-0.39, 0.29) is 5.91 Å². The summed E-state index contributed by atoms with van der Waals surface area (Å²) in [5.41, 5.74) is 1.24. The molecule has 4 heterocycles. The maximum atomic E-state index is 12.9. The highest BCUT2D eigenvalue weighted by atomic mass is 16.2. The number of hydrogen-bond acceptors (Lipinski definition) is 7. The van der Waals surface area contributed by atoms with Crippen LogP contribution in [0.4, 0.5) is 17.3 Å². The second kappa shape index (κ2) is 9.73. The average molecular weight is 436 g/mol. The SMILES string of the molecule is O=C(CN1CCN(c2cc(N3CCCC3)ncn2)CC1)N1CCN(c2ccccc2)CC1. The van der Waals surface area contributed by atoms with E-state index in [1.165, 1.54) is 18.5 Å². The number of benzene rings is 1. The molecule has 8 heteroatoms. The first-order valence-electron chi connectivity index (χ1n) is 11.9. The van der Waals surface area contributed by atoms with Gasteiger partial charge in [0.05, 0.1) is 6.54 Å². The lowest BCUT2D eigenvalue weighted by Gasteiger charge is -2.39. The van der Waals surface area contributed by atoms with E-state index in [1.54, 1.807) is 6.33 Å². The van der Waals surface area contributed by atoms with Crippen molar-refractivity contribution in [2.24, 2.45) is 0 Å². The van der Waals surface area contributed by atoms with E-state index in [1.807, 2.05) is 11.0 Å². The molecule has 2 aromatic rings. The summed E-state index contributed by atoms with van der Waals surface area (Å²) in [5.74, 6) is 2.30. The zero-order chi connectivity index (χ0) is 21.8. The molecule has 170 valence electrons. The van der Waals surface area contributed by atoms with Crippen LogP contribution in [0, 0.1) is 0 Å². The molecule has 0 unspecified atom stereocenters. The highest BCUT2D eigenvalue weighted by Crippen LogP contribution is 2.22. The lowest BCUT2D eigenvalue weighted by molar-refractivity contribution is -0.132. The van der Waals surface area contributed by atoms with E-state index in [0.29, 0.717) is 6.54 Å². The highest BCUT2D eigenvalue weighted by molar-refractivity contribution is 5.78. The Labute approximate surface area is 190 Å².